The Kier molecular flexibility index (Phi) is 5.69. The van der Waals surface area contributed by atoms with Gasteiger partial charge in [0.1, 0.15) is 6.10 Å². The van der Waals surface area contributed by atoms with Gasteiger partial charge in [0, 0.05) is 17.9 Å². The predicted molar refractivity (Wildman–Crippen MR) is 106 cm³/mol. The second-order valence-corrected chi connectivity index (χ2v) is 9.11. The zero-order chi connectivity index (χ0) is 19.8. The molecular formula is C23H34O4. The summed E-state index contributed by atoms with van der Waals surface area (Å²) >= 11 is 0. The van der Waals surface area contributed by atoms with Crippen molar-refractivity contribution in [1.29, 1.82) is 0 Å². The van der Waals surface area contributed by atoms with E-state index in [9.17, 15) is 4.79 Å². The van der Waals surface area contributed by atoms with E-state index in [1.54, 1.807) is 0 Å². The van der Waals surface area contributed by atoms with Crippen molar-refractivity contribution in [2.45, 2.75) is 96.7 Å². The highest BCUT2D eigenvalue weighted by Crippen LogP contribution is 2.45. The number of carbonyl (C=O) groups excluding carboxylic acids is 1. The Morgan fingerprint density at radius 2 is 1.81 bits per heavy atom. The summed E-state index contributed by atoms with van der Waals surface area (Å²) in [7, 11) is 0. The van der Waals surface area contributed by atoms with Gasteiger partial charge in [-0.2, -0.15) is 0 Å². The van der Waals surface area contributed by atoms with Gasteiger partial charge >= 0.3 is 5.97 Å². The maximum atomic E-state index is 12.2. The summed E-state index contributed by atoms with van der Waals surface area (Å²) in [6.45, 7) is 14.4. The lowest BCUT2D eigenvalue weighted by Crippen LogP contribution is -2.39. The first-order valence-electron chi connectivity index (χ1n) is 10.2. The van der Waals surface area contributed by atoms with Gasteiger partial charge in [-0.15, -0.1) is 0 Å². The van der Waals surface area contributed by atoms with Crippen LogP contribution in [-0.2, 0) is 19.0 Å². The molecule has 0 radical (unpaired) electrons. The van der Waals surface area contributed by atoms with Crippen molar-refractivity contribution in [3.63, 3.8) is 0 Å². The Morgan fingerprint density at radius 1 is 1.11 bits per heavy atom. The van der Waals surface area contributed by atoms with Crippen LogP contribution >= 0.6 is 0 Å². The zero-order valence-corrected chi connectivity index (χ0v) is 17.5. The minimum absolute atomic E-state index is 0.0251. The van der Waals surface area contributed by atoms with Gasteiger partial charge in [-0.1, -0.05) is 29.9 Å². The fourth-order valence-corrected chi connectivity index (χ4v) is 4.66. The lowest BCUT2D eigenvalue weighted by Gasteiger charge is -2.31. The highest BCUT2D eigenvalue weighted by atomic mass is 16.8. The third-order valence-electron chi connectivity index (χ3n) is 6.16. The molecule has 1 aliphatic carbocycles. The van der Waals surface area contributed by atoms with Gasteiger partial charge in [0.15, 0.2) is 5.79 Å². The molecule has 4 atom stereocenters. The van der Waals surface area contributed by atoms with Crippen LogP contribution in [0.5, 0.6) is 0 Å². The number of rotatable bonds is 0. The molecule has 150 valence electrons. The molecule has 0 aromatic carbocycles. The maximum absolute atomic E-state index is 12.2. The number of allylic oxidation sites excluding steroid dienone is 3. The minimum atomic E-state index is -0.623. The van der Waals surface area contributed by atoms with E-state index in [2.05, 4.69) is 39.5 Å². The molecule has 2 heterocycles. The predicted octanol–water partition coefficient (Wildman–Crippen LogP) is 5.24. The molecule has 0 aromatic heterocycles. The SMILES string of the molecule is C=C1C(=O)O[C@H]2C/C(C)=C/CC/C(C)=C/CC[C@@]3(C)OC(C)(C)O[C@H]3C[C@@H]12. The Balaban J connectivity index is 1.91. The summed E-state index contributed by atoms with van der Waals surface area (Å²) in [4.78, 5) is 12.2. The number of carbonyl (C=O) groups is 1. The van der Waals surface area contributed by atoms with E-state index in [1.807, 2.05) is 13.8 Å². The molecule has 0 saturated carbocycles. The number of hydrogen-bond donors (Lipinski definition) is 0. The first-order valence-corrected chi connectivity index (χ1v) is 10.2. The topological polar surface area (TPSA) is 44.8 Å². The van der Waals surface area contributed by atoms with Crippen LogP contribution in [0.3, 0.4) is 0 Å². The second-order valence-electron chi connectivity index (χ2n) is 9.11. The number of fused-ring (bicyclic) bond motifs is 2. The van der Waals surface area contributed by atoms with Crippen molar-refractivity contribution in [2.24, 2.45) is 5.92 Å². The molecule has 0 unspecified atom stereocenters. The van der Waals surface area contributed by atoms with Crippen LogP contribution < -0.4 is 0 Å². The highest BCUT2D eigenvalue weighted by molar-refractivity contribution is 5.90. The first kappa shape index (κ1) is 20.3. The zero-order valence-electron chi connectivity index (χ0n) is 17.5. The molecule has 27 heavy (non-hydrogen) atoms. The van der Waals surface area contributed by atoms with E-state index >= 15 is 0 Å². The van der Waals surface area contributed by atoms with Crippen LogP contribution in [0, 0.1) is 5.92 Å². The molecule has 0 N–H and O–H groups in total. The van der Waals surface area contributed by atoms with Crippen molar-refractivity contribution in [2.75, 3.05) is 0 Å². The Morgan fingerprint density at radius 3 is 2.56 bits per heavy atom. The van der Waals surface area contributed by atoms with Crippen LogP contribution in [0.25, 0.3) is 0 Å². The first-order chi connectivity index (χ1) is 12.6. The van der Waals surface area contributed by atoms with E-state index in [4.69, 9.17) is 14.2 Å². The Labute approximate surface area is 163 Å². The molecule has 2 saturated heterocycles. The molecule has 3 rings (SSSR count). The molecule has 0 aromatic rings. The average molecular weight is 375 g/mol. The van der Waals surface area contributed by atoms with Crippen LogP contribution in [0.4, 0.5) is 0 Å². The summed E-state index contributed by atoms with van der Waals surface area (Å²) in [5.74, 6) is -0.912. The normalized spacial score (nSPS) is 41.4. The van der Waals surface area contributed by atoms with Crippen molar-refractivity contribution in [3.8, 4) is 0 Å². The fourth-order valence-electron chi connectivity index (χ4n) is 4.66. The van der Waals surface area contributed by atoms with Crippen LogP contribution in [0.15, 0.2) is 35.5 Å². The molecule has 3 aliphatic rings. The van der Waals surface area contributed by atoms with Gasteiger partial charge in [-0.25, -0.2) is 4.79 Å². The monoisotopic (exact) mass is 374 g/mol. The van der Waals surface area contributed by atoms with E-state index in [-0.39, 0.29) is 29.7 Å². The van der Waals surface area contributed by atoms with Crippen LogP contribution in [0.2, 0.25) is 0 Å². The van der Waals surface area contributed by atoms with Crippen LogP contribution in [0.1, 0.15) is 73.1 Å². The highest BCUT2D eigenvalue weighted by Gasteiger charge is 2.52. The fraction of sp³-hybridized carbons (Fsp3) is 0.696. The molecule has 0 spiro atoms. The second kappa shape index (κ2) is 7.56. The quantitative estimate of drug-likeness (QED) is 0.330. The molecule has 4 nitrogen and oxygen atoms in total. The van der Waals surface area contributed by atoms with Crippen LogP contribution in [-0.4, -0.2) is 29.6 Å². The Hall–Kier alpha value is -1.39. The Bertz CT molecular complexity index is 672. The van der Waals surface area contributed by atoms with Crippen molar-refractivity contribution >= 4 is 5.97 Å². The summed E-state index contributed by atoms with van der Waals surface area (Å²) in [5.41, 5.74) is 2.87. The van der Waals surface area contributed by atoms with Gasteiger partial charge in [-0.3, -0.25) is 0 Å². The number of esters is 1. The summed E-state index contributed by atoms with van der Waals surface area (Å²) in [6.07, 6.45) is 9.75. The van der Waals surface area contributed by atoms with Crippen molar-refractivity contribution < 1.29 is 19.0 Å². The van der Waals surface area contributed by atoms with Crippen molar-refractivity contribution in [1.82, 2.24) is 0 Å². The maximum Gasteiger partial charge on any atom is 0.334 e. The lowest BCUT2D eigenvalue weighted by atomic mass is 9.81. The number of hydrogen-bond acceptors (Lipinski definition) is 4. The molecule has 0 bridgehead atoms. The molecule has 2 fully saturated rings. The van der Waals surface area contributed by atoms with Gasteiger partial charge < -0.3 is 14.2 Å². The molecule has 4 heteroatoms. The van der Waals surface area contributed by atoms with E-state index in [0.717, 1.165) is 32.1 Å². The van der Waals surface area contributed by atoms with E-state index in [1.165, 1.54) is 11.1 Å². The molecular weight excluding hydrogens is 340 g/mol. The molecule has 2 aliphatic heterocycles. The average Bonchev–Trinajstić information content (AvgIpc) is 2.93. The number of ether oxygens (including phenoxy) is 3. The van der Waals surface area contributed by atoms with E-state index in [0.29, 0.717) is 12.0 Å². The minimum Gasteiger partial charge on any atom is -0.458 e. The summed E-state index contributed by atoms with van der Waals surface area (Å²) in [6, 6.07) is 0. The smallest absolute Gasteiger partial charge is 0.334 e. The van der Waals surface area contributed by atoms with Gasteiger partial charge in [0.2, 0.25) is 0 Å². The van der Waals surface area contributed by atoms with Crippen molar-refractivity contribution in [3.05, 3.63) is 35.5 Å². The summed E-state index contributed by atoms with van der Waals surface area (Å²) in [5, 5.41) is 0. The van der Waals surface area contributed by atoms with Gasteiger partial charge in [0.05, 0.1) is 11.7 Å². The third-order valence-corrected chi connectivity index (χ3v) is 6.16. The standard InChI is InChI=1S/C23H34O4/c1-15-9-7-10-16(2)13-19-18(17(3)21(24)25-19)14-20-23(6,12-8-11-15)27-22(4,5)26-20/h10-11,18-20H,3,7-9,12-14H2,1-2,4-6H3/b15-11+,16-10+/t18-,19-,20-,23+/m0/s1. The third kappa shape index (κ3) is 4.55. The lowest BCUT2D eigenvalue weighted by molar-refractivity contribution is -0.161. The largest absolute Gasteiger partial charge is 0.458 e. The van der Waals surface area contributed by atoms with Gasteiger partial charge in [-0.05, 0) is 66.7 Å². The van der Waals surface area contributed by atoms with Gasteiger partial charge in [0.25, 0.3) is 0 Å². The summed E-state index contributed by atoms with van der Waals surface area (Å²) < 4.78 is 18.3. The molecule has 0 amide bonds. The van der Waals surface area contributed by atoms with E-state index < -0.39 is 5.79 Å².